The van der Waals surface area contributed by atoms with Crippen molar-refractivity contribution in [3.05, 3.63) is 23.4 Å². The Labute approximate surface area is 125 Å². The van der Waals surface area contributed by atoms with Gasteiger partial charge in [0.25, 0.3) is 5.91 Å². The number of carbonyl (C=O) groups excluding carboxylic acids is 1. The van der Waals surface area contributed by atoms with Gasteiger partial charge in [0.05, 0.1) is 18.2 Å². The van der Waals surface area contributed by atoms with E-state index in [-0.39, 0.29) is 18.1 Å². The molecule has 1 aromatic heterocycles. The highest BCUT2D eigenvalue weighted by Crippen LogP contribution is 2.34. The van der Waals surface area contributed by atoms with Crippen LogP contribution in [0.15, 0.2) is 12.1 Å². The van der Waals surface area contributed by atoms with Crippen LogP contribution >= 0.6 is 0 Å². The Morgan fingerprint density at radius 2 is 2.29 bits per heavy atom. The number of nitrogens with zero attached hydrogens (tertiary/aromatic N) is 1. The Kier molecular flexibility index (Phi) is 4.10. The molecule has 3 rings (SSSR count). The van der Waals surface area contributed by atoms with Gasteiger partial charge >= 0.3 is 0 Å². The Bertz CT molecular complexity index is 532. The molecule has 1 aromatic rings. The predicted molar refractivity (Wildman–Crippen MR) is 81.5 cm³/mol. The summed E-state index contributed by atoms with van der Waals surface area (Å²) in [6, 6.07) is 3.82. The van der Waals surface area contributed by atoms with Gasteiger partial charge < -0.3 is 15.4 Å². The SMILES string of the molecule is CCCNc1cc(C(=O)NC2CC3CCC2O3)cc(C)n1. The molecule has 2 fully saturated rings. The van der Waals surface area contributed by atoms with Crippen LogP contribution in [0.4, 0.5) is 5.82 Å². The van der Waals surface area contributed by atoms with Crippen LogP contribution in [0.5, 0.6) is 0 Å². The van der Waals surface area contributed by atoms with Gasteiger partial charge in [-0.1, -0.05) is 6.92 Å². The molecular formula is C16H23N3O2. The fourth-order valence-electron chi connectivity index (χ4n) is 3.18. The second-order valence-corrected chi connectivity index (χ2v) is 6.00. The number of amides is 1. The van der Waals surface area contributed by atoms with E-state index >= 15 is 0 Å². The lowest BCUT2D eigenvalue weighted by Gasteiger charge is -2.20. The molecule has 0 saturated carbocycles. The van der Waals surface area contributed by atoms with E-state index in [2.05, 4.69) is 22.5 Å². The first-order chi connectivity index (χ1) is 10.2. The average molecular weight is 289 g/mol. The summed E-state index contributed by atoms with van der Waals surface area (Å²) in [5, 5.41) is 6.35. The van der Waals surface area contributed by atoms with E-state index in [4.69, 9.17) is 4.74 Å². The number of hydrogen-bond acceptors (Lipinski definition) is 4. The molecule has 2 aliphatic rings. The maximum Gasteiger partial charge on any atom is 0.251 e. The molecule has 0 aromatic carbocycles. The first kappa shape index (κ1) is 14.3. The number of fused-ring (bicyclic) bond motifs is 2. The van der Waals surface area contributed by atoms with E-state index in [0.717, 1.165) is 43.7 Å². The monoisotopic (exact) mass is 289 g/mol. The summed E-state index contributed by atoms with van der Waals surface area (Å²) < 4.78 is 5.78. The van der Waals surface area contributed by atoms with Crippen molar-refractivity contribution in [2.75, 3.05) is 11.9 Å². The summed E-state index contributed by atoms with van der Waals surface area (Å²) in [5.74, 6) is 0.743. The normalized spacial score (nSPS) is 26.9. The highest BCUT2D eigenvalue weighted by atomic mass is 16.5. The zero-order valence-electron chi connectivity index (χ0n) is 12.7. The molecule has 0 spiro atoms. The zero-order chi connectivity index (χ0) is 14.8. The summed E-state index contributed by atoms with van der Waals surface area (Å²) >= 11 is 0. The topological polar surface area (TPSA) is 63.2 Å². The summed E-state index contributed by atoms with van der Waals surface area (Å²) in [4.78, 5) is 16.8. The van der Waals surface area contributed by atoms with Gasteiger partial charge in [0, 0.05) is 17.8 Å². The van der Waals surface area contributed by atoms with Gasteiger partial charge in [-0.3, -0.25) is 4.79 Å². The van der Waals surface area contributed by atoms with Crippen molar-refractivity contribution in [2.24, 2.45) is 0 Å². The number of rotatable bonds is 5. The molecule has 5 nitrogen and oxygen atoms in total. The quantitative estimate of drug-likeness (QED) is 0.873. The lowest BCUT2D eigenvalue weighted by atomic mass is 9.95. The maximum absolute atomic E-state index is 12.4. The second-order valence-electron chi connectivity index (χ2n) is 6.00. The number of hydrogen-bond donors (Lipinski definition) is 2. The van der Waals surface area contributed by atoms with Crippen molar-refractivity contribution in [3.63, 3.8) is 0 Å². The minimum Gasteiger partial charge on any atom is -0.373 e. The van der Waals surface area contributed by atoms with Gasteiger partial charge in [-0.2, -0.15) is 0 Å². The molecule has 0 radical (unpaired) electrons. The van der Waals surface area contributed by atoms with E-state index < -0.39 is 0 Å². The third kappa shape index (κ3) is 3.18. The van der Waals surface area contributed by atoms with Crippen LogP contribution in [-0.4, -0.2) is 35.7 Å². The average Bonchev–Trinajstić information content (AvgIpc) is 3.07. The highest BCUT2D eigenvalue weighted by Gasteiger charge is 2.41. The van der Waals surface area contributed by atoms with Crippen molar-refractivity contribution < 1.29 is 9.53 Å². The minimum atomic E-state index is -0.0267. The molecule has 3 atom stereocenters. The molecule has 1 amide bonds. The molecule has 21 heavy (non-hydrogen) atoms. The van der Waals surface area contributed by atoms with Gasteiger partial charge in [-0.05, 0) is 44.7 Å². The first-order valence-corrected chi connectivity index (χ1v) is 7.84. The van der Waals surface area contributed by atoms with Crippen molar-refractivity contribution in [2.45, 2.75) is 57.8 Å². The number of aryl methyl sites for hydroxylation is 1. The number of anilines is 1. The van der Waals surface area contributed by atoms with Crippen LogP contribution in [0.1, 0.15) is 48.7 Å². The smallest absolute Gasteiger partial charge is 0.251 e. The lowest BCUT2D eigenvalue weighted by Crippen LogP contribution is -2.41. The number of ether oxygens (including phenoxy) is 1. The highest BCUT2D eigenvalue weighted by molar-refractivity contribution is 5.95. The van der Waals surface area contributed by atoms with Crippen LogP contribution in [0, 0.1) is 6.92 Å². The number of carbonyl (C=O) groups is 1. The first-order valence-electron chi connectivity index (χ1n) is 7.84. The Balaban J connectivity index is 1.67. The molecule has 3 heterocycles. The fraction of sp³-hybridized carbons (Fsp3) is 0.625. The maximum atomic E-state index is 12.4. The molecular weight excluding hydrogens is 266 g/mol. The summed E-state index contributed by atoms with van der Waals surface area (Å²) in [6.07, 6.45) is 4.73. The van der Waals surface area contributed by atoms with E-state index in [0.29, 0.717) is 11.7 Å². The third-order valence-electron chi connectivity index (χ3n) is 4.19. The Morgan fingerprint density at radius 3 is 2.95 bits per heavy atom. The van der Waals surface area contributed by atoms with Crippen LogP contribution in [0.2, 0.25) is 0 Å². The molecule has 114 valence electrons. The van der Waals surface area contributed by atoms with Crippen LogP contribution in [0.25, 0.3) is 0 Å². The Morgan fingerprint density at radius 1 is 1.43 bits per heavy atom. The second kappa shape index (κ2) is 6.02. The standard InChI is InChI=1S/C16H23N3O2/c1-3-6-17-15-8-11(7-10(2)18-15)16(20)19-13-9-12-4-5-14(13)21-12/h7-8,12-14H,3-6,9H2,1-2H3,(H,17,18)(H,19,20). The van der Waals surface area contributed by atoms with Gasteiger partial charge in [-0.25, -0.2) is 4.98 Å². The van der Waals surface area contributed by atoms with Crippen molar-refractivity contribution in [1.29, 1.82) is 0 Å². The van der Waals surface area contributed by atoms with E-state index in [1.165, 1.54) is 0 Å². The fourth-order valence-corrected chi connectivity index (χ4v) is 3.18. The number of pyridine rings is 1. The summed E-state index contributed by atoms with van der Waals surface area (Å²) in [5.41, 5.74) is 1.52. The van der Waals surface area contributed by atoms with Crippen molar-refractivity contribution in [1.82, 2.24) is 10.3 Å². The number of aromatic nitrogens is 1. The van der Waals surface area contributed by atoms with Gasteiger partial charge in [0.1, 0.15) is 5.82 Å². The zero-order valence-corrected chi connectivity index (χ0v) is 12.7. The van der Waals surface area contributed by atoms with E-state index in [9.17, 15) is 4.79 Å². The van der Waals surface area contributed by atoms with Gasteiger partial charge in [0.2, 0.25) is 0 Å². The minimum absolute atomic E-state index is 0.0267. The molecule has 2 bridgehead atoms. The molecule has 5 heteroatoms. The van der Waals surface area contributed by atoms with Crippen LogP contribution in [0.3, 0.4) is 0 Å². The van der Waals surface area contributed by atoms with E-state index in [1.54, 1.807) is 0 Å². The van der Waals surface area contributed by atoms with E-state index in [1.807, 2.05) is 19.1 Å². The molecule has 2 saturated heterocycles. The van der Waals surface area contributed by atoms with Crippen LogP contribution < -0.4 is 10.6 Å². The molecule has 2 N–H and O–H groups in total. The van der Waals surface area contributed by atoms with Crippen LogP contribution in [-0.2, 0) is 4.74 Å². The van der Waals surface area contributed by atoms with Gasteiger partial charge in [-0.15, -0.1) is 0 Å². The molecule has 3 unspecified atom stereocenters. The Hall–Kier alpha value is -1.62. The van der Waals surface area contributed by atoms with Gasteiger partial charge in [0.15, 0.2) is 0 Å². The molecule has 0 aliphatic carbocycles. The lowest BCUT2D eigenvalue weighted by molar-refractivity contribution is 0.0841. The largest absolute Gasteiger partial charge is 0.373 e. The third-order valence-corrected chi connectivity index (χ3v) is 4.19. The summed E-state index contributed by atoms with van der Waals surface area (Å²) in [6.45, 7) is 4.87. The number of nitrogens with one attached hydrogen (secondary N) is 2. The van der Waals surface area contributed by atoms with Crippen molar-refractivity contribution in [3.8, 4) is 0 Å². The predicted octanol–water partition coefficient (Wildman–Crippen LogP) is 2.26. The van der Waals surface area contributed by atoms with Crippen molar-refractivity contribution >= 4 is 11.7 Å². The summed E-state index contributed by atoms with van der Waals surface area (Å²) in [7, 11) is 0. The molecule has 2 aliphatic heterocycles.